The number of hydrogen-bond donors (Lipinski definition) is 0. The Hall–Kier alpha value is -2.30. The highest BCUT2D eigenvalue weighted by Crippen LogP contribution is 2.37. The maximum Gasteiger partial charge on any atom is 0.175 e. The Morgan fingerprint density at radius 1 is 0.966 bits per heavy atom. The van der Waals surface area contributed by atoms with E-state index in [4.69, 9.17) is 21.1 Å². The van der Waals surface area contributed by atoms with Gasteiger partial charge in [0.15, 0.2) is 11.5 Å². The van der Waals surface area contributed by atoms with Crippen LogP contribution in [0.4, 0.5) is 5.69 Å². The zero-order valence-electron chi connectivity index (χ0n) is 16.5. The van der Waals surface area contributed by atoms with E-state index < -0.39 is 0 Å². The lowest BCUT2D eigenvalue weighted by atomic mass is 10.1. The maximum atomic E-state index is 6.06. The van der Waals surface area contributed by atoms with Gasteiger partial charge in [0.05, 0.1) is 16.8 Å². The molecule has 0 saturated heterocycles. The van der Waals surface area contributed by atoms with Crippen molar-refractivity contribution in [1.82, 2.24) is 0 Å². The topological polar surface area (TPSA) is 30.8 Å². The van der Waals surface area contributed by atoms with Gasteiger partial charge in [-0.05, 0) is 82.4 Å². The highest BCUT2D eigenvalue weighted by Gasteiger charge is 2.12. The smallest absolute Gasteiger partial charge is 0.175 e. The summed E-state index contributed by atoms with van der Waals surface area (Å²) in [7, 11) is 0. The monoisotopic (exact) mass is 471 g/mol. The van der Waals surface area contributed by atoms with Gasteiger partial charge < -0.3 is 9.47 Å². The van der Waals surface area contributed by atoms with Crippen molar-refractivity contribution in [2.45, 2.75) is 26.9 Å². The van der Waals surface area contributed by atoms with Crippen LogP contribution in [0.25, 0.3) is 0 Å². The number of aliphatic imine (C=N–C) groups is 1. The number of nitrogens with zero attached hydrogens (tertiary/aromatic N) is 1. The van der Waals surface area contributed by atoms with Crippen molar-refractivity contribution in [2.24, 2.45) is 4.99 Å². The second kappa shape index (κ2) is 10.5. The van der Waals surface area contributed by atoms with Gasteiger partial charge in [0, 0.05) is 11.2 Å². The Morgan fingerprint density at radius 3 is 2.45 bits per heavy atom. The minimum Gasteiger partial charge on any atom is -0.490 e. The van der Waals surface area contributed by atoms with Crippen LogP contribution in [0.3, 0.4) is 0 Å². The second-order valence-electron chi connectivity index (χ2n) is 6.46. The molecule has 0 radical (unpaired) electrons. The molecule has 3 nitrogen and oxygen atoms in total. The minimum absolute atomic E-state index is 0.399. The standard InChI is InChI=1S/C24H23BrClNO2/c1-3-17-8-10-21(11-9-17)27-15-19-13-22(25)24(23(14-19)28-4-2)29-16-18-6-5-7-20(26)12-18/h5-15H,3-4,16H2,1-2H3. The first-order chi connectivity index (χ1) is 14.1. The van der Waals surface area contributed by atoms with Gasteiger partial charge in [-0.3, -0.25) is 4.99 Å². The van der Waals surface area contributed by atoms with Crippen LogP contribution in [0.15, 0.2) is 70.1 Å². The Kier molecular flexibility index (Phi) is 7.73. The molecular formula is C24H23BrClNO2. The van der Waals surface area contributed by atoms with Crippen LogP contribution in [-0.4, -0.2) is 12.8 Å². The van der Waals surface area contributed by atoms with Crippen molar-refractivity contribution < 1.29 is 9.47 Å². The van der Waals surface area contributed by atoms with Crippen LogP contribution in [-0.2, 0) is 13.0 Å². The van der Waals surface area contributed by atoms with Crippen molar-refractivity contribution in [1.29, 1.82) is 0 Å². The number of hydrogen-bond acceptors (Lipinski definition) is 3. The van der Waals surface area contributed by atoms with Crippen LogP contribution in [0.5, 0.6) is 11.5 Å². The summed E-state index contributed by atoms with van der Waals surface area (Å²) in [5.41, 5.74) is 4.13. The normalized spacial score (nSPS) is 11.0. The predicted octanol–water partition coefficient (Wildman–Crippen LogP) is 7.39. The molecule has 0 unspecified atom stereocenters. The summed E-state index contributed by atoms with van der Waals surface area (Å²) in [6, 6.07) is 19.8. The van der Waals surface area contributed by atoms with E-state index in [1.54, 1.807) is 0 Å². The van der Waals surface area contributed by atoms with Crippen molar-refractivity contribution in [2.75, 3.05) is 6.61 Å². The number of ether oxygens (including phenoxy) is 2. The molecule has 0 aliphatic rings. The number of halogens is 2. The Morgan fingerprint density at radius 2 is 1.76 bits per heavy atom. The summed E-state index contributed by atoms with van der Waals surface area (Å²) in [6.45, 7) is 5.03. The molecule has 0 bridgehead atoms. The molecule has 0 aliphatic heterocycles. The van der Waals surface area contributed by atoms with Gasteiger partial charge in [-0.2, -0.15) is 0 Å². The van der Waals surface area contributed by atoms with Crippen LogP contribution >= 0.6 is 27.5 Å². The van der Waals surface area contributed by atoms with Crippen molar-refractivity contribution >= 4 is 39.4 Å². The van der Waals surface area contributed by atoms with Crippen LogP contribution in [0.2, 0.25) is 5.02 Å². The van der Waals surface area contributed by atoms with E-state index >= 15 is 0 Å². The average molecular weight is 473 g/mol. The fourth-order valence-electron chi connectivity index (χ4n) is 2.81. The zero-order chi connectivity index (χ0) is 20.6. The largest absolute Gasteiger partial charge is 0.490 e. The molecular weight excluding hydrogens is 450 g/mol. The number of aryl methyl sites for hydroxylation is 1. The SMILES string of the molecule is CCOc1cc(C=Nc2ccc(CC)cc2)cc(Br)c1OCc1cccc(Cl)c1. The van der Waals surface area contributed by atoms with Gasteiger partial charge in [0.25, 0.3) is 0 Å². The van der Waals surface area contributed by atoms with E-state index in [0.29, 0.717) is 29.7 Å². The van der Waals surface area contributed by atoms with Crippen LogP contribution in [0.1, 0.15) is 30.5 Å². The highest BCUT2D eigenvalue weighted by molar-refractivity contribution is 9.10. The second-order valence-corrected chi connectivity index (χ2v) is 7.75. The fraction of sp³-hybridized carbons (Fsp3) is 0.208. The molecule has 0 aliphatic carbocycles. The van der Waals surface area contributed by atoms with E-state index in [9.17, 15) is 0 Å². The van der Waals surface area contributed by atoms with Gasteiger partial charge >= 0.3 is 0 Å². The molecule has 0 heterocycles. The molecule has 0 aromatic heterocycles. The number of benzene rings is 3. The van der Waals surface area contributed by atoms with E-state index in [2.05, 4.69) is 40.0 Å². The maximum absolute atomic E-state index is 6.06. The lowest BCUT2D eigenvalue weighted by molar-refractivity contribution is 0.267. The molecule has 29 heavy (non-hydrogen) atoms. The molecule has 0 N–H and O–H groups in total. The van der Waals surface area contributed by atoms with Gasteiger partial charge in [0.2, 0.25) is 0 Å². The summed E-state index contributed by atoms with van der Waals surface area (Å²) in [4.78, 5) is 4.57. The summed E-state index contributed by atoms with van der Waals surface area (Å²) in [5.74, 6) is 1.34. The molecule has 0 saturated carbocycles. The molecule has 3 aromatic rings. The van der Waals surface area contributed by atoms with E-state index in [1.165, 1.54) is 5.56 Å². The fourth-order valence-corrected chi connectivity index (χ4v) is 3.60. The molecule has 0 spiro atoms. The summed E-state index contributed by atoms with van der Waals surface area (Å²) in [6.07, 6.45) is 2.85. The quantitative estimate of drug-likeness (QED) is 0.320. The average Bonchev–Trinajstić information content (AvgIpc) is 2.72. The van der Waals surface area contributed by atoms with Crippen LogP contribution < -0.4 is 9.47 Å². The minimum atomic E-state index is 0.399. The third-order valence-electron chi connectivity index (χ3n) is 4.31. The zero-order valence-corrected chi connectivity index (χ0v) is 18.8. The van der Waals surface area contributed by atoms with Gasteiger partial charge in [-0.25, -0.2) is 0 Å². The van der Waals surface area contributed by atoms with Crippen molar-refractivity contribution in [3.8, 4) is 11.5 Å². The molecule has 0 atom stereocenters. The van der Waals surface area contributed by atoms with Gasteiger partial charge in [-0.15, -0.1) is 0 Å². The molecule has 150 valence electrons. The predicted molar refractivity (Wildman–Crippen MR) is 124 cm³/mol. The summed E-state index contributed by atoms with van der Waals surface area (Å²) in [5, 5.41) is 0.689. The molecule has 5 heteroatoms. The van der Waals surface area contributed by atoms with Crippen molar-refractivity contribution in [3.63, 3.8) is 0 Å². The number of rotatable bonds is 8. The first-order valence-corrected chi connectivity index (χ1v) is 10.7. The molecule has 0 fully saturated rings. The summed E-state index contributed by atoms with van der Waals surface area (Å²) < 4.78 is 12.7. The lowest BCUT2D eigenvalue weighted by Gasteiger charge is -2.15. The third kappa shape index (κ3) is 6.09. The van der Waals surface area contributed by atoms with E-state index in [0.717, 1.165) is 27.7 Å². The van der Waals surface area contributed by atoms with E-state index in [-0.39, 0.29) is 0 Å². The van der Waals surface area contributed by atoms with Crippen molar-refractivity contribution in [3.05, 3.63) is 86.8 Å². The summed E-state index contributed by atoms with van der Waals surface area (Å²) >= 11 is 9.67. The van der Waals surface area contributed by atoms with Crippen LogP contribution in [0, 0.1) is 0 Å². The molecule has 3 rings (SSSR count). The Labute approximate surface area is 185 Å². The lowest BCUT2D eigenvalue weighted by Crippen LogP contribution is -2.01. The molecule has 3 aromatic carbocycles. The molecule has 0 amide bonds. The first kappa shape index (κ1) is 21.4. The van der Waals surface area contributed by atoms with Gasteiger partial charge in [-0.1, -0.05) is 42.8 Å². The van der Waals surface area contributed by atoms with Gasteiger partial charge in [0.1, 0.15) is 6.61 Å². The first-order valence-electron chi connectivity index (χ1n) is 9.55. The Balaban J connectivity index is 1.80. The third-order valence-corrected chi connectivity index (χ3v) is 5.14. The highest BCUT2D eigenvalue weighted by atomic mass is 79.9. The Bertz CT molecular complexity index is 987. The van der Waals surface area contributed by atoms with E-state index in [1.807, 2.05) is 61.7 Å².